The maximum atomic E-state index is 11.7. The van der Waals surface area contributed by atoms with Gasteiger partial charge < -0.3 is 23.7 Å². The van der Waals surface area contributed by atoms with E-state index in [-0.39, 0.29) is 30.2 Å². The molecule has 0 bridgehead atoms. The lowest BCUT2D eigenvalue weighted by Crippen LogP contribution is -2.54. The number of rotatable bonds is 4. The second-order valence-electron chi connectivity index (χ2n) is 7.81. The van der Waals surface area contributed by atoms with Gasteiger partial charge in [0.25, 0.3) is 0 Å². The molecule has 28 heavy (non-hydrogen) atoms. The normalized spacial score (nSPS) is 37.9. The summed E-state index contributed by atoms with van der Waals surface area (Å²) >= 11 is 0. The summed E-state index contributed by atoms with van der Waals surface area (Å²) in [6.07, 6.45) is 1.10. The number of esters is 3. The smallest absolute Gasteiger partial charge is 0.330 e. The summed E-state index contributed by atoms with van der Waals surface area (Å²) in [5, 5.41) is 0. The molecule has 1 saturated heterocycles. The van der Waals surface area contributed by atoms with Crippen LogP contribution in [0.3, 0.4) is 0 Å². The van der Waals surface area contributed by atoms with Crippen LogP contribution < -0.4 is 0 Å². The van der Waals surface area contributed by atoms with Crippen LogP contribution in [0.15, 0.2) is 11.6 Å². The molecule has 1 saturated carbocycles. The molecule has 7 atom stereocenters. The summed E-state index contributed by atoms with van der Waals surface area (Å²) in [6.45, 7) is 6.41. The molecule has 0 aromatic rings. The monoisotopic (exact) mass is 396 g/mol. The van der Waals surface area contributed by atoms with Crippen molar-refractivity contribution < 1.29 is 38.1 Å². The minimum Gasteiger partial charge on any atom is -0.458 e. The van der Waals surface area contributed by atoms with E-state index in [0.717, 1.165) is 18.4 Å². The molecule has 0 amide bonds. The lowest BCUT2D eigenvalue weighted by atomic mass is 9.79. The van der Waals surface area contributed by atoms with Gasteiger partial charge in [-0.05, 0) is 26.7 Å². The summed E-state index contributed by atoms with van der Waals surface area (Å²) in [4.78, 5) is 34.8. The molecular formula is C20H28O8. The summed E-state index contributed by atoms with van der Waals surface area (Å²) in [7, 11) is 0. The first-order valence-corrected chi connectivity index (χ1v) is 9.77. The Morgan fingerprint density at radius 3 is 2.50 bits per heavy atom. The molecule has 3 unspecified atom stereocenters. The summed E-state index contributed by atoms with van der Waals surface area (Å²) in [5.74, 6) is -1.07. The molecule has 8 nitrogen and oxygen atoms in total. The molecule has 8 heteroatoms. The highest BCUT2D eigenvalue weighted by Gasteiger charge is 2.45. The van der Waals surface area contributed by atoms with Crippen LogP contribution in [-0.2, 0) is 38.1 Å². The van der Waals surface area contributed by atoms with Gasteiger partial charge in [-0.2, -0.15) is 0 Å². The zero-order valence-corrected chi connectivity index (χ0v) is 16.7. The van der Waals surface area contributed by atoms with Crippen molar-refractivity contribution in [3.63, 3.8) is 0 Å². The first kappa shape index (κ1) is 20.8. The van der Waals surface area contributed by atoms with Gasteiger partial charge in [-0.15, -0.1) is 0 Å². The number of carbonyl (C=O) groups excluding carboxylic acids is 3. The number of hydrogen-bond donors (Lipinski definition) is 0. The van der Waals surface area contributed by atoms with E-state index in [4.69, 9.17) is 23.7 Å². The summed E-state index contributed by atoms with van der Waals surface area (Å²) < 4.78 is 28.2. The Balaban J connectivity index is 1.69. The van der Waals surface area contributed by atoms with Crippen LogP contribution in [0.1, 0.15) is 53.4 Å². The lowest BCUT2D eigenvalue weighted by molar-refractivity contribution is -0.288. The van der Waals surface area contributed by atoms with Gasteiger partial charge in [-0.1, -0.05) is 5.57 Å². The van der Waals surface area contributed by atoms with Crippen LogP contribution in [0, 0.1) is 5.92 Å². The second kappa shape index (κ2) is 8.61. The highest BCUT2D eigenvalue weighted by molar-refractivity contribution is 5.84. The Labute approximate surface area is 164 Å². The van der Waals surface area contributed by atoms with Gasteiger partial charge in [0.05, 0.1) is 12.2 Å². The van der Waals surface area contributed by atoms with Gasteiger partial charge in [-0.3, -0.25) is 9.59 Å². The number of fused-ring (bicyclic) bond motifs is 1. The minimum absolute atomic E-state index is 0.210. The number of carbonyl (C=O) groups is 3. The second-order valence-corrected chi connectivity index (χ2v) is 7.81. The van der Waals surface area contributed by atoms with E-state index in [1.165, 1.54) is 13.8 Å². The molecule has 2 aliphatic heterocycles. The molecule has 0 aromatic heterocycles. The van der Waals surface area contributed by atoms with Crippen LogP contribution in [-0.4, -0.2) is 54.7 Å². The molecule has 1 aliphatic carbocycles. The lowest BCUT2D eigenvalue weighted by Gasteiger charge is -2.43. The van der Waals surface area contributed by atoms with Crippen molar-refractivity contribution in [3.05, 3.63) is 11.6 Å². The Morgan fingerprint density at radius 1 is 1.11 bits per heavy atom. The number of hydrogen-bond acceptors (Lipinski definition) is 8. The van der Waals surface area contributed by atoms with Crippen LogP contribution in [0.5, 0.6) is 0 Å². The molecule has 0 radical (unpaired) electrons. The third-order valence-electron chi connectivity index (χ3n) is 5.45. The van der Waals surface area contributed by atoms with Gasteiger partial charge >= 0.3 is 17.9 Å². The van der Waals surface area contributed by atoms with Crippen molar-refractivity contribution in [2.24, 2.45) is 5.92 Å². The minimum atomic E-state index is -0.852. The average molecular weight is 396 g/mol. The van der Waals surface area contributed by atoms with Crippen LogP contribution >= 0.6 is 0 Å². The molecular weight excluding hydrogens is 368 g/mol. The SMILES string of the molecule is CC(=O)O[C@@H]1[C@H](OC2CCC3C(C)=CC(=O)OC3C2)O[C@@H](C)C[C@H]1OC(C)=O. The average Bonchev–Trinajstić information content (AvgIpc) is 2.56. The molecule has 3 aliphatic rings. The van der Waals surface area contributed by atoms with Crippen molar-refractivity contribution in [1.29, 1.82) is 0 Å². The standard InChI is InChI=1S/C20H28O8/c1-10-7-18(23)28-16-9-14(5-6-15(10)16)27-20-19(26-13(4)22)17(25-12(3)21)8-11(2)24-20/h7,11,14-17,19-20H,5-6,8-9H2,1-4H3/t11-,14?,15?,16?,17+,19-,20-/m0/s1. The van der Waals surface area contributed by atoms with Crippen LogP contribution in [0.4, 0.5) is 0 Å². The van der Waals surface area contributed by atoms with E-state index in [9.17, 15) is 14.4 Å². The van der Waals surface area contributed by atoms with E-state index in [1.807, 2.05) is 13.8 Å². The fourth-order valence-corrected chi connectivity index (χ4v) is 4.29. The predicted octanol–water partition coefficient (Wildman–Crippen LogP) is 2.04. The summed E-state index contributed by atoms with van der Waals surface area (Å²) in [6, 6.07) is 0. The number of ether oxygens (including phenoxy) is 5. The molecule has 0 spiro atoms. The first-order valence-electron chi connectivity index (χ1n) is 9.77. The van der Waals surface area contributed by atoms with Crippen molar-refractivity contribution in [2.45, 2.75) is 90.2 Å². The Kier molecular flexibility index (Phi) is 6.40. The third-order valence-corrected chi connectivity index (χ3v) is 5.45. The van der Waals surface area contributed by atoms with Crippen molar-refractivity contribution in [3.8, 4) is 0 Å². The Morgan fingerprint density at radius 2 is 1.82 bits per heavy atom. The highest BCUT2D eigenvalue weighted by Crippen LogP contribution is 2.38. The van der Waals surface area contributed by atoms with E-state index in [1.54, 1.807) is 6.08 Å². The highest BCUT2D eigenvalue weighted by atomic mass is 16.7. The fraction of sp³-hybridized carbons (Fsp3) is 0.750. The Hall–Kier alpha value is -1.93. The van der Waals surface area contributed by atoms with Crippen molar-refractivity contribution in [1.82, 2.24) is 0 Å². The zero-order chi connectivity index (χ0) is 20.4. The quantitative estimate of drug-likeness (QED) is 0.526. The molecule has 2 heterocycles. The van der Waals surface area contributed by atoms with Crippen molar-refractivity contribution >= 4 is 17.9 Å². The summed E-state index contributed by atoms with van der Waals surface area (Å²) in [5.41, 5.74) is 1.04. The van der Waals surface area contributed by atoms with Crippen LogP contribution in [0.2, 0.25) is 0 Å². The van der Waals surface area contributed by atoms with E-state index in [2.05, 4.69) is 0 Å². The molecule has 3 rings (SSSR count). The molecule has 0 aromatic carbocycles. The van der Waals surface area contributed by atoms with Crippen LogP contribution in [0.25, 0.3) is 0 Å². The topological polar surface area (TPSA) is 97.4 Å². The van der Waals surface area contributed by atoms with Gasteiger partial charge in [0.15, 0.2) is 12.4 Å². The fourth-order valence-electron chi connectivity index (χ4n) is 4.29. The van der Waals surface area contributed by atoms with Gasteiger partial charge in [0, 0.05) is 38.7 Å². The van der Waals surface area contributed by atoms with Crippen molar-refractivity contribution in [2.75, 3.05) is 0 Å². The predicted molar refractivity (Wildman–Crippen MR) is 95.9 cm³/mol. The van der Waals surface area contributed by atoms with Gasteiger partial charge in [0.2, 0.25) is 0 Å². The largest absolute Gasteiger partial charge is 0.458 e. The maximum absolute atomic E-state index is 11.7. The van der Waals surface area contributed by atoms with Gasteiger partial charge in [-0.25, -0.2) is 4.79 Å². The molecule has 156 valence electrons. The maximum Gasteiger partial charge on any atom is 0.330 e. The molecule has 2 fully saturated rings. The van der Waals surface area contributed by atoms with E-state index in [0.29, 0.717) is 12.8 Å². The first-order chi connectivity index (χ1) is 13.2. The zero-order valence-electron chi connectivity index (χ0n) is 16.7. The Bertz CT molecular complexity index is 657. The third kappa shape index (κ3) is 4.91. The van der Waals surface area contributed by atoms with E-state index >= 15 is 0 Å². The van der Waals surface area contributed by atoms with Gasteiger partial charge in [0.1, 0.15) is 12.2 Å². The van der Waals surface area contributed by atoms with E-state index < -0.39 is 30.4 Å². The molecule has 0 N–H and O–H groups in total.